The van der Waals surface area contributed by atoms with Crippen LogP contribution in [0.5, 0.6) is 0 Å². The van der Waals surface area contributed by atoms with Crippen LogP contribution in [-0.2, 0) is 21.1 Å². The second-order valence-corrected chi connectivity index (χ2v) is 10.3. The summed E-state index contributed by atoms with van der Waals surface area (Å²) in [6.45, 7) is 7.48. The maximum atomic E-state index is 13.2. The Balaban J connectivity index is 1.56. The Morgan fingerprint density at radius 1 is 1.16 bits per heavy atom. The van der Waals surface area contributed by atoms with Gasteiger partial charge in [0, 0.05) is 29.3 Å². The molecule has 7 heteroatoms. The molecule has 31 heavy (non-hydrogen) atoms. The SMILES string of the molecule is Cc1ccc(-c2onc(C)c2C)cc1S(=O)(=O)CCC(=O)N1c2ccccc2C[C@H]1C. The first-order valence-corrected chi connectivity index (χ1v) is 12.0. The highest BCUT2D eigenvalue weighted by Gasteiger charge is 2.31. The minimum absolute atomic E-state index is 0.0235. The van der Waals surface area contributed by atoms with E-state index >= 15 is 0 Å². The Morgan fingerprint density at radius 2 is 1.90 bits per heavy atom. The lowest BCUT2D eigenvalue weighted by Crippen LogP contribution is -2.36. The predicted molar refractivity (Wildman–Crippen MR) is 120 cm³/mol. The minimum atomic E-state index is -3.66. The molecule has 0 saturated carbocycles. The van der Waals surface area contributed by atoms with E-state index in [2.05, 4.69) is 5.16 Å². The number of hydrogen-bond donors (Lipinski definition) is 0. The summed E-state index contributed by atoms with van der Waals surface area (Å²) in [6.07, 6.45) is 0.719. The standard InChI is InChI=1S/C24H26N2O4S/c1-15-9-10-20(24-17(3)18(4)25-30-24)14-22(15)31(28,29)12-11-23(27)26-16(2)13-19-7-5-6-8-21(19)26/h5-10,14,16H,11-13H2,1-4H3/t16-/m1/s1. The molecule has 0 saturated heterocycles. The van der Waals surface area contributed by atoms with Crippen molar-refractivity contribution in [3.63, 3.8) is 0 Å². The summed E-state index contributed by atoms with van der Waals surface area (Å²) in [6, 6.07) is 13.0. The number of fused-ring (bicyclic) bond motifs is 1. The summed E-state index contributed by atoms with van der Waals surface area (Å²) in [7, 11) is -3.66. The van der Waals surface area contributed by atoms with Crippen molar-refractivity contribution in [2.75, 3.05) is 10.7 Å². The van der Waals surface area contributed by atoms with Gasteiger partial charge in [0.1, 0.15) is 0 Å². The molecule has 0 fully saturated rings. The molecule has 4 rings (SSSR count). The van der Waals surface area contributed by atoms with Crippen LogP contribution in [0, 0.1) is 20.8 Å². The molecule has 6 nitrogen and oxygen atoms in total. The first-order valence-electron chi connectivity index (χ1n) is 10.4. The molecular formula is C24H26N2O4S. The Morgan fingerprint density at radius 3 is 2.61 bits per heavy atom. The van der Waals surface area contributed by atoms with Crippen molar-refractivity contribution in [1.29, 1.82) is 0 Å². The number of sulfone groups is 1. The molecular weight excluding hydrogens is 412 g/mol. The van der Waals surface area contributed by atoms with Gasteiger partial charge in [0.15, 0.2) is 15.6 Å². The number of aryl methyl sites for hydroxylation is 2. The summed E-state index contributed by atoms with van der Waals surface area (Å²) >= 11 is 0. The molecule has 1 amide bonds. The minimum Gasteiger partial charge on any atom is -0.356 e. The van der Waals surface area contributed by atoms with E-state index in [0.717, 1.165) is 28.9 Å². The second-order valence-electron chi connectivity index (χ2n) is 8.22. The molecule has 1 aliphatic heterocycles. The van der Waals surface area contributed by atoms with Gasteiger partial charge in [-0.05, 0) is 57.4 Å². The summed E-state index contributed by atoms with van der Waals surface area (Å²) in [5, 5.41) is 3.96. The average Bonchev–Trinajstić information content (AvgIpc) is 3.25. The topological polar surface area (TPSA) is 80.5 Å². The Labute approximate surface area is 182 Å². The molecule has 0 bridgehead atoms. The van der Waals surface area contributed by atoms with Crippen LogP contribution >= 0.6 is 0 Å². The number of para-hydroxylation sites is 1. The Kier molecular flexibility index (Phi) is 5.47. The van der Waals surface area contributed by atoms with Crippen molar-refractivity contribution >= 4 is 21.4 Å². The van der Waals surface area contributed by atoms with Crippen molar-refractivity contribution in [2.24, 2.45) is 0 Å². The number of hydrogen-bond acceptors (Lipinski definition) is 5. The zero-order valence-electron chi connectivity index (χ0n) is 18.2. The number of amides is 1. The van der Waals surface area contributed by atoms with E-state index in [9.17, 15) is 13.2 Å². The molecule has 3 aromatic rings. The lowest BCUT2D eigenvalue weighted by Gasteiger charge is -2.22. The van der Waals surface area contributed by atoms with Crippen LogP contribution in [0.2, 0.25) is 0 Å². The fourth-order valence-electron chi connectivity index (χ4n) is 4.16. The van der Waals surface area contributed by atoms with Gasteiger partial charge in [0.05, 0.1) is 16.3 Å². The van der Waals surface area contributed by atoms with E-state index < -0.39 is 9.84 Å². The molecule has 1 aliphatic rings. The molecule has 162 valence electrons. The molecule has 0 unspecified atom stereocenters. The predicted octanol–water partition coefficient (Wildman–Crippen LogP) is 4.41. The van der Waals surface area contributed by atoms with Crippen LogP contribution in [0.25, 0.3) is 11.3 Å². The first kappa shape index (κ1) is 21.3. The normalized spacial score (nSPS) is 15.9. The average molecular weight is 439 g/mol. The maximum Gasteiger partial charge on any atom is 0.228 e. The molecule has 2 aromatic carbocycles. The number of benzene rings is 2. The van der Waals surface area contributed by atoms with E-state index in [0.29, 0.717) is 16.9 Å². The highest BCUT2D eigenvalue weighted by molar-refractivity contribution is 7.91. The van der Waals surface area contributed by atoms with Crippen molar-refractivity contribution in [2.45, 2.75) is 51.5 Å². The number of rotatable bonds is 5. The van der Waals surface area contributed by atoms with Gasteiger partial charge in [0.25, 0.3) is 0 Å². The molecule has 0 N–H and O–H groups in total. The largest absolute Gasteiger partial charge is 0.356 e. The van der Waals surface area contributed by atoms with Gasteiger partial charge in [-0.2, -0.15) is 0 Å². The number of aromatic nitrogens is 1. The lowest BCUT2D eigenvalue weighted by molar-refractivity contribution is -0.118. The molecule has 1 aromatic heterocycles. The zero-order chi connectivity index (χ0) is 22.3. The van der Waals surface area contributed by atoms with Crippen LogP contribution in [0.1, 0.15) is 35.7 Å². The van der Waals surface area contributed by atoms with Crippen LogP contribution in [0.4, 0.5) is 5.69 Å². The van der Waals surface area contributed by atoms with Gasteiger partial charge in [-0.25, -0.2) is 8.42 Å². The highest BCUT2D eigenvalue weighted by Crippen LogP contribution is 2.33. The number of nitrogens with zero attached hydrogens (tertiary/aromatic N) is 2. The zero-order valence-corrected chi connectivity index (χ0v) is 19.0. The Bertz CT molecular complexity index is 1260. The van der Waals surface area contributed by atoms with Crippen molar-refractivity contribution in [3.05, 3.63) is 64.8 Å². The van der Waals surface area contributed by atoms with Gasteiger partial charge in [-0.1, -0.05) is 35.5 Å². The van der Waals surface area contributed by atoms with Gasteiger partial charge >= 0.3 is 0 Å². The number of carbonyl (C=O) groups excluding carboxylic acids is 1. The molecule has 0 spiro atoms. The molecule has 0 radical (unpaired) electrons. The molecule has 0 aliphatic carbocycles. The van der Waals surface area contributed by atoms with Gasteiger partial charge < -0.3 is 9.42 Å². The third-order valence-electron chi connectivity index (χ3n) is 6.00. The second kappa shape index (κ2) is 7.96. The van der Waals surface area contributed by atoms with Crippen LogP contribution in [-0.4, -0.2) is 31.3 Å². The lowest BCUT2D eigenvalue weighted by atomic mass is 10.1. The highest BCUT2D eigenvalue weighted by atomic mass is 32.2. The third-order valence-corrected chi connectivity index (χ3v) is 7.85. The molecule has 2 heterocycles. The maximum absolute atomic E-state index is 13.2. The van der Waals surface area contributed by atoms with E-state index in [4.69, 9.17) is 4.52 Å². The Hall–Kier alpha value is -2.93. The first-order chi connectivity index (χ1) is 14.7. The van der Waals surface area contributed by atoms with E-state index in [1.807, 2.05) is 51.1 Å². The smallest absolute Gasteiger partial charge is 0.228 e. The summed E-state index contributed by atoms with van der Waals surface area (Å²) in [5.74, 6) is 0.152. The fraction of sp³-hybridized carbons (Fsp3) is 0.333. The van der Waals surface area contributed by atoms with Gasteiger partial charge in [0.2, 0.25) is 5.91 Å². The third kappa shape index (κ3) is 3.90. The van der Waals surface area contributed by atoms with Crippen LogP contribution in [0.3, 0.4) is 0 Å². The molecule has 1 atom stereocenters. The summed E-state index contributed by atoms with van der Waals surface area (Å²) in [4.78, 5) is 14.9. The van der Waals surface area contributed by atoms with Crippen molar-refractivity contribution < 1.29 is 17.7 Å². The van der Waals surface area contributed by atoms with E-state index in [-0.39, 0.29) is 29.0 Å². The van der Waals surface area contributed by atoms with E-state index in [1.165, 1.54) is 0 Å². The summed E-state index contributed by atoms with van der Waals surface area (Å²) in [5.41, 5.74) is 4.95. The van der Waals surface area contributed by atoms with Gasteiger partial charge in [-0.3, -0.25) is 4.79 Å². The van der Waals surface area contributed by atoms with Crippen LogP contribution < -0.4 is 4.90 Å². The van der Waals surface area contributed by atoms with Crippen molar-refractivity contribution in [3.8, 4) is 11.3 Å². The van der Waals surface area contributed by atoms with Crippen LogP contribution in [0.15, 0.2) is 51.9 Å². The summed E-state index contributed by atoms with van der Waals surface area (Å²) < 4.78 is 31.7. The van der Waals surface area contributed by atoms with Crippen molar-refractivity contribution in [1.82, 2.24) is 5.16 Å². The van der Waals surface area contributed by atoms with E-state index in [1.54, 1.807) is 24.0 Å². The quantitative estimate of drug-likeness (QED) is 0.589. The van der Waals surface area contributed by atoms with Gasteiger partial charge in [-0.15, -0.1) is 0 Å². The number of anilines is 1. The number of carbonyl (C=O) groups is 1. The monoisotopic (exact) mass is 438 g/mol. The fourth-order valence-corrected chi connectivity index (χ4v) is 5.69.